The molecule has 0 bridgehead atoms. The summed E-state index contributed by atoms with van der Waals surface area (Å²) in [6.45, 7) is 2.87. The van der Waals surface area contributed by atoms with Gasteiger partial charge in [0.15, 0.2) is 0 Å². The van der Waals surface area contributed by atoms with E-state index in [0.29, 0.717) is 18.5 Å². The summed E-state index contributed by atoms with van der Waals surface area (Å²) in [5.74, 6) is -1.46. The highest BCUT2D eigenvalue weighted by Gasteiger charge is 2.39. The van der Waals surface area contributed by atoms with Gasteiger partial charge in [-0.05, 0) is 38.1 Å². The van der Waals surface area contributed by atoms with Crippen molar-refractivity contribution in [1.29, 1.82) is 0 Å². The Morgan fingerprint density at radius 1 is 1.14 bits per heavy atom. The van der Waals surface area contributed by atoms with Gasteiger partial charge in [0, 0.05) is 36.9 Å². The molecule has 0 saturated carbocycles. The van der Waals surface area contributed by atoms with Crippen molar-refractivity contribution in [2.75, 3.05) is 18.5 Å². The summed E-state index contributed by atoms with van der Waals surface area (Å²) in [5, 5.41) is 24.0. The lowest BCUT2D eigenvalue weighted by Crippen LogP contribution is -2.39. The average Bonchev–Trinajstić information content (AvgIpc) is 3.24. The van der Waals surface area contributed by atoms with E-state index in [0.717, 1.165) is 12.1 Å². The van der Waals surface area contributed by atoms with Crippen LogP contribution in [0.2, 0.25) is 0 Å². The number of non-ortho nitro benzene ring substituents is 1. The normalized spacial score (nSPS) is 15.1. The number of hydrogen-bond donors (Lipinski definition) is 2. The van der Waals surface area contributed by atoms with Gasteiger partial charge >= 0.3 is 5.97 Å². The van der Waals surface area contributed by atoms with Gasteiger partial charge in [0.25, 0.3) is 11.2 Å². The number of carbonyl (C=O) groups excluding carboxylic acids is 1. The monoisotopic (exact) mass is 505 g/mol. The van der Waals surface area contributed by atoms with E-state index in [-0.39, 0.29) is 35.1 Å². The van der Waals surface area contributed by atoms with Crippen molar-refractivity contribution in [1.82, 2.24) is 14.7 Å². The first kappa shape index (κ1) is 25.6. The first-order valence-corrected chi connectivity index (χ1v) is 11.7. The molecule has 1 aromatic heterocycles. The fourth-order valence-electron chi connectivity index (χ4n) is 4.68. The highest BCUT2D eigenvalue weighted by Crippen LogP contribution is 2.39. The third-order valence-electron chi connectivity index (χ3n) is 6.33. The number of rotatable bonds is 9. The van der Waals surface area contributed by atoms with Crippen LogP contribution < -0.4 is 10.5 Å². The number of aromatic amines is 1. The maximum atomic E-state index is 13.3. The summed E-state index contributed by atoms with van der Waals surface area (Å²) in [7, 11) is 1.96. The van der Waals surface area contributed by atoms with Crippen molar-refractivity contribution in [3.63, 3.8) is 0 Å². The summed E-state index contributed by atoms with van der Waals surface area (Å²) in [4.78, 5) is 52.1. The van der Waals surface area contributed by atoms with Crippen LogP contribution in [-0.4, -0.2) is 50.2 Å². The summed E-state index contributed by atoms with van der Waals surface area (Å²) in [6, 6.07) is 15.7. The minimum atomic E-state index is -1.30. The van der Waals surface area contributed by atoms with Gasteiger partial charge in [0.1, 0.15) is 11.9 Å². The molecule has 11 nitrogen and oxygen atoms in total. The van der Waals surface area contributed by atoms with Gasteiger partial charge in [0.05, 0.1) is 10.5 Å². The summed E-state index contributed by atoms with van der Waals surface area (Å²) in [5.41, 5.74) is 0.717. The molecule has 0 spiro atoms. The molecule has 4 rings (SSSR count). The number of nitro benzene ring substituents is 1. The van der Waals surface area contributed by atoms with Crippen molar-refractivity contribution in [3.05, 3.63) is 104 Å². The Hall–Kier alpha value is -4.51. The standard InChI is InChI=1S/C26H27N5O6/c1-17-24(26(34)35)25(19-10-6-11-20(14-19)31(36)37)30-22(15-21(32)27-30)29(17)23(33)12-7-13-28(2)16-18-8-4-3-5-9-18/h3-6,8-11,14-15,25H,7,12-13,16H2,1-2H3,(H,27,32)(H,34,35). The van der Waals surface area contributed by atoms with Gasteiger partial charge in [-0.2, -0.15) is 0 Å². The third-order valence-corrected chi connectivity index (χ3v) is 6.33. The summed E-state index contributed by atoms with van der Waals surface area (Å²) < 4.78 is 1.29. The van der Waals surface area contributed by atoms with Crippen molar-refractivity contribution in [2.24, 2.45) is 0 Å². The number of carboxylic acids is 1. The molecule has 3 aromatic rings. The Morgan fingerprint density at radius 3 is 2.54 bits per heavy atom. The Labute approximate surface area is 212 Å². The zero-order valence-corrected chi connectivity index (χ0v) is 20.5. The van der Waals surface area contributed by atoms with Crippen molar-refractivity contribution in [2.45, 2.75) is 32.4 Å². The quantitative estimate of drug-likeness (QED) is 0.336. The fraction of sp³-hybridized carbons (Fsp3) is 0.269. The molecule has 2 heterocycles. The Balaban J connectivity index is 1.61. The minimum Gasteiger partial charge on any atom is -0.478 e. The Kier molecular flexibility index (Phi) is 7.35. The number of benzene rings is 2. The van der Waals surface area contributed by atoms with E-state index < -0.39 is 22.5 Å². The topological polar surface area (TPSA) is 142 Å². The number of carboxylic acid groups (broad SMARTS) is 1. The summed E-state index contributed by atoms with van der Waals surface area (Å²) in [6.07, 6.45) is 0.654. The molecular formula is C26H27N5O6. The molecule has 2 N–H and O–H groups in total. The molecule has 192 valence electrons. The number of nitrogens with zero attached hydrogens (tertiary/aromatic N) is 4. The number of allylic oxidation sites excluding steroid dienone is 1. The van der Waals surface area contributed by atoms with E-state index in [4.69, 9.17) is 0 Å². The second-order valence-corrected chi connectivity index (χ2v) is 8.96. The van der Waals surface area contributed by atoms with Crippen LogP contribution in [0.1, 0.15) is 36.9 Å². The van der Waals surface area contributed by atoms with E-state index in [2.05, 4.69) is 10.00 Å². The van der Waals surface area contributed by atoms with Gasteiger partial charge in [-0.3, -0.25) is 34.4 Å². The number of amides is 1. The van der Waals surface area contributed by atoms with Crippen LogP contribution in [0.15, 0.2) is 76.7 Å². The maximum Gasteiger partial charge on any atom is 0.335 e. The van der Waals surface area contributed by atoms with Crippen LogP contribution in [0.4, 0.5) is 11.5 Å². The highest BCUT2D eigenvalue weighted by atomic mass is 16.6. The zero-order chi connectivity index (χ0) is 26.7. The third kappa shape index (κ3) is 5.36. The highest BCUT2D eigenvalue weighted by molar-refractivity contribution is 6.00. The number of aromatic nitrogens is 2. The van der Waals surface area contributed by atoms with Gasteiger partial charge < -0.3 is 10.0 Å². The number of nitrogens with one attached hydrogen (secondary N) is 1. The molecular weight excluding hydrogens is 478 g/mol. The molecule has 1 aliphatic heterocycles. The number of hydrogen-bond acceptors (Lipinski definition) is 6. The van der Waals surface area contributed by atoms with Crippen LogP contribution in [-0.2, 0) is 16.1 Å². The number of carbonyl (C=O) groups is 2. The molecule has 0 saturated heterocycles. The van der Waals surface area contributed by atoms with Gasteiger partial charge in [-0.1, -0.05) is 42.5 Å². The fourth-order valence-corrected chi connectivity index (χ4v) is 4.68. The van der Waals surface area contributed by atoms with Gasteiger partial charge in [-0.15, -0.1) is 0 Å². The van der Waals surface area contributed by atoms with Gasteiger partial charge in [-0.25, -0.2) is 4.79 Å². The van der Waals surface area contributed by atoms with Crippen LogP contribution in [0.3, 0.4) is 0 Å². The summed E-state index contributed by atoms with van der Waals surface area (Å²) >= 11 is 0. The molecule has 0 fully saturated rings. The largest absolute Gasteiger partial charge is 0.478 e. The predicted octanol–water partition coefficient (Wildman–Crippen LogP) is 3.29. The van der Waals surface area contributed by atoms with E-state index in [1.807, 2.05) is 37.4 Å². The molecule has 11 heteroatoms. The number of H-pyrrole nitrogens is 1. The van der Waals surface area contributed by atoms with Crippen LogP contribution in [0.25, 0.3) is 0 Å². The van der Waals surface area contributed by atoms with Crippen LogP contribution in [0, 0.1) is 10.1 Å². The second-order valence-electron chi connectivity index (χ2n) is 8.96. The zero-order valence-electron chi connectivity index (χ0n) is 20.5. The Bertz CT molecular complexity index is 1420. The molecule has 1 unspecified atom stereocenters. The first-order chi connectivity index (χ1) is 17.7. The molecule has 0 aliphatic carbocycles. The minimum absolute atomic E-state index is 0.129. The van der Waals surface area contributed by atoms with E-state index >= 15 is 0 Å². The number of aliphatic carboxylic acids is 1. The maximum absolute atomic E-state index is 13.3. The number of fused-ring (bicyclic) bond motifs is 1. The lowest BCUT2D eigenvalue weighted by molar-refractivity contribution is -0.384. The van der Waals surface area contributed by atoms with Gasteiger partial charge in [0.2, 0.25) is 5.91 Å². The second kappa shape index (κ2) is 10.6. The van der Waals surface area contributed by atoms with Crippen molar-refractivity contribution >= 4 is 23.4 Å². The molecule has 37 heavy (non-hydrogen) atoms. The van der Waals surface area contributed by atoms with Crippen molar-refractivity contribution < 1.29 is 19.6 Å². The molecule has 1 atom stereocenters. The molecule has 0 radical (unpaired) electrons. The number of nitro groups is 1. The molecule has 2 aromatic carbocycles. The Morgan fingerprint density at radius 2 is 1.86 bits per heavy atom. The lowest BCUT2D eigenvalue weighted by atomic mass is 9.94. The first-order valence-electron chi connectivity index (χ1n) is 11.7. The van der Waals surface area contributed by atoms with E-state index in [1.165, 1.54) is 40.8 Å². The SMILES string of the molecule is CC1=C(C(=O)O)C(c2cccc([N+](=O)[O-])c2)n2[nH]c(=O)cc2N1C(=O)CCCN(C)Cc1ccccc1. The average molecular weight is 506 g/mol. The lowest BCUT2D eigenvalue weighted by Gasteiger charge is -2.35. The molecule has 1 aliphatic rings. The van der Waals surface area contributed by atoms with Crippen LogP contribution >= 0.6 is 0 Å². The molecule has 1 amide bonds. The smallest absolute Gasteiger partial charge is 0.335 e. The predicted molar refractivity (Wildman–Crippen MR) is 136 cm³/mol. The number of anilines is 1. The van der Waals surface area contributed by atoms with E-state index in [9.17, 15) is 29.6 Å². The van der Waals surface area contributed by atoms with Crippen molar-refractivity contribution in [3.8, 4) is 0 Å². The van der Waals surface area contributed by atoms with Crippen LogP contribution in [0.5, 0.6) is 0 Å². The van der Waals surface area contributed by atoms with E-state index in [1.54, 1.807) is 6.07 Å².